The molecule has 0 saturated carbocycles. The van der Waals surface area contributed by atoms with Gasteiger partial charge in [-0.15, -0.1) is 0 Å². The first-order valence-corrected chi connectivity index (χ1v) is 7.27. The summed E-state index contributed by atoms with van der Waals surface area (Å²) in [7, 11) is 1.60. The maximum atomic E-state index is 12.4. The summed E-state index contributed by atoms with van der Waals surface area (Å²) in [4.78, 5) is 14.0. The SMILES string of the molecule is COCCN(CCBr)C(=O)c1c(Cl)cccc1Cl. The predicted molar refractivity (Wildman–Crippen MR) is 78.0 cm³/mol. The molecule has 0 heterocycles. The van der Waals surface area contributed by atoms with Crippen molar-refractivity contribution in [2.24, 2.45) is 0 Å². The van der Waals surface area contributed by atoms with Gasteiger partial charge < -0.3 is 9.64 Å². The second-order valence-electron chi connectivity index (χ2n) is 3.57. The van der Waals surface area contributed by atoms with Gasteiger partial charge in [-0.2, -0.15) is 0 Å². The number of rotatable bonds is 6. The van der Waals surface area contributed by atoms with E-state index in [0.717, 1.165) is 0 Å². The minimum absolute atomic E-state index is 0.179. The van der Waals surface area contributed by atoms with Crippen LogP contribution < -0.4 is 0 Å². The van der Waals surface area contributed by atoms with Crippen LogP contribution in [0.15, 0.2) is 18.2 Å². The number of benzene rings is 1. The lowest BCUT2D eigenvalue weighted by molar-refractivity contribution is 0.0709. The van der Waals surface area contributed by atoms with E-state index < -0.39 is 0 Å². The monoisotopic (exact) mass is 353 g/mol. The molecule has 1 aromatic carbocycles. The molecule has 0 fully saturated rings. The topological polar surface area (TPSA) is 29.5 Å². The second kappa shape index (κ2) is 8.00. The maximum absolute atomic E-state index is 12.4. The van der Waals surface area contributed by atoms with Gasteiger partial charge in [-0.1, -0.05) is 45.2 Å². The fourth-order valence-corrected chi connectivity index (χ4v) is 2.47. The van der Waals surface area contributed by atoms with E-state index >= 15 is 0 Å². The lowest BCUT2D eigenvalue weighted by Crippen LogP contribution is -2.35. The summed E-state index contributed by atoms with van der Waals surface area (Å²) in [5, 5.41) is 1.42. The van der Waals surface area contributed by atoms with Gasteiger partial charge in [0.05, 0.1) is 22.2 Å². The normalized spacial score (nSPS) is 10.4. The summed E-state index contributed by atoms with van der Waals surface area (Å²) in [5.41, 5.74) is 0.345. The smallest absolute Gasteiger partial charge is 0.256 e. The summed E-state index contributed by atoms with van der Waals surface area (Å²) in [6.45, 7) is 1.55. The van der Waals surface area contributed by atoms with Crippen molar-refractivity contribution in [3.05, 3.63) is 33.8 Å². The van der Waals surface area contributed by atoms with Crippen LogP contribution in [0.4, 0.5) is 0 Å². The molecule has 1 amide bonds. The van der Waals surface area contributed by atoms with E-state index in [2.05, 4.69) is 15.9 Å². The van der Waals surface area contributed by atoms with Crippen molar-refractivity contribution < 1.29 is 9.53 Å². The average Bonchev–Trinajstić information content (AvgIpc) is 2.34. The van der Waals surface area contributed by atoms with Crippen LogP contribution in [-0.4, -0.2) is 42.9 Å². The molecule has 3 nitrogen and oxygen atoms in total. The minimum Gasteiger partial charge on any atom is -0.383 e. The number of amides is 1. The Morgan fingerprint density at radius 2 is 1.94 bits per heavy atom. The number of hydrogen-bond acceptors (Lipinski definition) is 2. The van der Waals surface area contributed by atoms with E-state index in [1.807, 2.05) is 0 Å². The van der Waals surface area contributed by atoms with Crippen molar-refractivity contribution in [2.45, 2.75) is 0 Å². The molecule has 0 bridgehead atoms. The van der Waals surface area contributed by atoms with E-state index in [9.17, 15) is 4.79 Å². The van der Waals surface area contributed by atoms with Gasteiger partial charge >= 0.3 is 0 Å². The molecule has 0 aliphatic rings. The molecule has 0 spiro atoms. The number of halogens is 3. The largest absolute Gasteiger partial charge is 0.383 e. The Kier molecular flexibility index (Phi) is 7.00. The number of methoxy groups -OCH3 is 1. The molecule has 0 aromatic heterocycles. The first-order chi connectivity index (χ1) is 8.61. The summed E-state index contributed by atoms with van der Waals surface area (Å²) in [5.74, 6) is -0.179. The van der Waals surface area contributed by atoms with Gasteiger partial charge in [0, 0.05) is 25.5 Å². The molecular formula is C12H14BrCl2NO2. The predicted octanol–water partition coefficient (Wildman–Crippen LogP) is 3.48. The third-order valence-corrected chi connectivity index (χ3v) is 3.37. The van der Waals surface area contributed by atoms with Crippen molar-refractivity contribution in [3.8, 4) is 0 Å². The summed E-state index contributed by atoms with van der Waals surface area (Å²) in [6, 6.07) is 5.03. The number of carbonyl (C=O) groups is 1. The molecule has 0 radical (unpaired) electrons. The number of ether oxygens (including phenoxy) is 1. The first-order valence-electron chi connectivity index (χ1n) is 5.40. The lowest BCUT2D eigenvalue weighted by Gasteiger charge is -2.22. The zero-order chi connectivity index (χ0) is 13.5. The van der Waals surface area contributed by atoms with Crippen molar-refractivity contribution in [1.82, 2.24) is 4.90 Å². The van der Waals surface area contributed by atoms with Gasteiger partial charge in [0.15, 0.2) is 0 Å². The van der Waals surface area contributed by atoms with Gasteiger partial charge in [-0.3, -0.25) is 4.79 Å². The van der Waals surface area contributed by atoms with Crippen LogP contribution in [0.2, 0.25) is 10.0 Å². The van der Waals surface area contributed by atoms with Crippen molar-refractivity contribution in [3.63, 3.8) is 0 Å². The number of nitrogens with zero attached hydrogens (tertiary/aromatic N) is 1. The zero-order valence-electron chi connectivity index (χ0n) is 9.96. The number of hydrogen-bond donors (Lipinski definition) is 0. The Morgan fingerprint density at radius 1 is 1.33 bits per heavy atom. The molecular weight excluding hydrogens is 341 g/mol. The van der Waals surface area contributed by atoms with Crippen molar-refractivity contribution in [2.75, 3.05) is 32.1 Å². The molecule has 0 saturated heterocycles. The van der Waals surface area contributed by atoms with E-state index in [1.54, 1.807) is 30.2 Å². The van der Waals surface area contributed by atoms with E-state index in [-0.39, 0.29) is 5.91 Å². The highest BCUT2D eigenvalue weighted by Crippen LogP contribution is 2.25. The van der Waals surface area contributed by atoms with Crippen LogP contribution in [0.1, 0.15) is 10.4 Å². The molecule has 0 aliphatic carbocycles. The standard InChI is InChI=1S/C12H14BrCl2NO2/c1-18-8-7-16(6-5-13)12(17)11-9(14)3-2-4-10(11)15/h2-4H,5-8H2,1H3. The van der Waals surface area contributed by atoms with Crippen LogP contribution >= 0.6 is 39.1 Å². The molecule has 1 aromatic rings. The quantitative estimate of drug-likeness (QED) is 0.732. The maximum Gasteiger partial charge on any atom is 0.256 e. The molecule has 6 heteroatoms. The van der Waals surface area contributed by atoms with Crippen LogP contribution in [0.25, 0.3) is 0 Å². The van der Waals surface area contributed by atoms with Crippen LogP contribution in [0, 0.1) is 0 Å². The molecule has 0 unspecified atom stereocenters. The molecule has 0 atom stereocenters. The Labute approximate surface area is 125 Å². The first kappa shape index (κ1) is 15.8. The zero-order valence-corrected chi connectivity index (χ0v) is 13.1. The van der Waals surface area contributed by atoms with E-state index in [1.165, 1.54) is 0 Å². The minimum atomic E-state index is -0.179. The molecule has 100 valence electrons. The number of carbonyl (C=O) groups excluding carboxylic acids is 1. The Morgan fingerprint density at radius 3 is 2.44 bits per heavy atom. The molecule has 18 heavy (non-hydrogen) atoms. The highest BCUT2D eigenvalue weighted by Gasteiger charge is 2.20. The Bertz CT molecular complexity index is 395. The number of alkyl halides is 1. The van der Waals surface area contributed by atoms with Crippen LogP contribution in [-0.2, 0) is 4.74 Å². The molecule has 0 N–H and O–H groups in total. The Balaban J connectivity index is 2.94. The second-order valence-corrected chi connectivity index (χ2v) is 5.18. The van der Waals surface area contributed by atoms with Gasteiger partial charge in [-0.25, -0.2) is 0 Å². The lowest BCUT2D eigenvalue weighted by atomic mass is 10.2. The van der Waals surface area contributed by atoms with E-state index in [4.69, 9.17) is 27.9 Å². The average molecular weight is 355 g/mol. The fourth-order valence-electron chi connectivity index (χ4n) is 1.48. The van der Waals surface area contributed by atoms with Crippen LogP contribution in [0.3, 0.4) is 0 Å². The fraction of sp³-hybridized carbons (Fsp3) is 0.417. The highest BCUT2D eigenvalue weighted by molar-refractivity contribution is 9.09. The Hall–Kier alpha value is -0.290. The van der Waals surface area contributed by atoms with Crippen molar-refractivity contribution in [1.29, 1.82) is 0 Å². The van der Waals surface area contributed by atoms with Crippen LogP contribution in [0.5, 0.6) is 0 Å². The third-order valence-electron chi connectivity index (χ3n) is 2.38. The van der Waals surface area contributed by atoms with Gasteiger partial charge in [0.1, 0.15) is 0 Å². The highest BCUT2D eigenvalue weighted by atomic mass is 79.9. The molecule has 0 aliphatic heterocycles. The molecule has 1 rings (SSSR count). The van der Waals surface area contributed by atoms with Gasteiger partial charge in [0.25, 0.3) is 5.91 Å². The summed E-state index contributed by atoms with van der Waals surface area (Å²) in [6.07, 6.45) is 0. The summed E-state index contributed by atoms with van der Waals surface area (Å²) < 4.78 is 4.99. The van der Waals surface area contributed by atoms with Gasteiger partial charge in [0.2, 0.25) is 0 Å². The summed E-state index contributed by atoms with van der Waals surface area (Å²) >= 11 is 15.4. The van der Waals surface area contributed by atoms with Gasteiger partial charge in [-0.05, 0) is 12.1 Å². The third kappa shape index (κ3) is 4.12. The van der Waals surface area contributed by atoms with Crippen molar-refractivity contribution >= 4 is 45.0 Å². The van der Waals surface area contributed by atoms with E-state index in [0.29, 0.717) is 40.6 Å².